The van der Waals surface area contributed by atoms with Gasteiger partial charge < -0.3 is 20.3 Å². The van der Waals surface area contributed by atoms with E-state index < -0.39 is 0 Å². The molecular weight excluding hydrogens is 292 g/mol. The Morgan fingerprint density at radius 1 is 1.30 bits per heavy atom. The first kappa shape index (κ1) is 17.3. The lowest BCUT2D eigenvalue weighted by Gasteiger charge is -2.17. The molecule has 126 valence electrons. The topological polar surface area (TPSA) is 66.0 Å². The van der Waals surface area contributed by atoms with Gasteiger partial charge in [-0.3, -0.25) is 4.79 Å². The second kappa shape index (κ2) is 9.15. The second-order valence-electron chi connectivity index (χ2n) is 5.24. The summed E-state index contributed by atoms with van der Waals surface area (Å²) in [4.78, 5) is 18.6. The summed E-state index contributed by atoms with van der Waals surface area (Å²) in [5, 5.41) is 6.30. The molecule has 2 rings (SSSR count). The average molecular weight is 318 g/mol. The predicted molar refractivity (Wildman–Crippen MR) is 93.0 cm³/mol. The Hall–Kier alpha value is -2.08. The summed E-state index contributed by atoms with van der Waals surface area (Å²) in [5.41, 5.74) is 2.24. The number of ether oxygens (including phenoxy) is 1. The first-order chi connectivity index (χ1) is 11.3. The maximum absolute atomic E-state index is 12.4. The smallest absolute Gasteiger partial charge is 0.248 e. The van der Waals surface area contributed by atoms with Crippen LogP contribution in [0.3, 0.4) is 0 Å². The highest BCUT2D eigenvalue weighted by Crippen LogP contribution is 2.27. The molecule has 6 nitrogen and oxygen atoms in total. The zero-order valence-corrected chi connectivity index (χ0v) is 14.0. The van der Waals surface area contributed by atoms with Gasteiger partial charge in [0.25, 0.3) is 0 Å². The molecule has 1 aliphatic rings. The molecule has 1 amide bonds. The van der Waals surface area contributed by atoms with Gasteiger partial charge in [0.05, 0.1) is 6.61 Å². The molecule has 0 bridgehead atoms. The quantitative estimate of drug-likeness (QED) is 0.450. The lowest BCUT2D eigenvalue weighted by Crippen LogP contribution is -2.40. The van der Waals surface area contributed by atoms with Crippen LogP contribution in [0.2, 0.25) is 0 Å². The van der Waals surface area contributed by atoms with E-state index >= 15 is 0 Å². The minimum atomic E-state index is 0.0250. The minimum Gasteiger partial charge on any atom is -0.380 e. The number of fused-ring (bicyclic) bond motifs is 1. The number of para-hydroxylation sites is 1. The van der Waals surface area contributed by atoms with Crippen molar-refractivity contribution in [1.29, 1.82) is 0 Å². The largest absolute Gasteiger partial charge is 0.380 e. The van der Waals surface area contributed by atoms with E-state index in [1.807, 2.05) is 36.9 Å². The first-order valence-corrected chi connectivity index (χ1v) is 8.24. The lowest BCUT2D eigenvalue weighted by molar-refractivity contribution is -0.117. The fourth-order valence-corrected chi connectivity index (χ4v) is 2.56. The van der Waals surface area contributed by atoms with Crippen molar-refractivity contribution in [3.63, 3.8) is 0 Å². The molecule has 6 heteroatoms. The van der Waals surface area contributed by atoms with Crippen LogP contribution >= 0.6 is 0 Å². The van der Waals surface area contributed by atoms with Gasteiger partial charge in [-0.25, -0.2) is 4.99 Å². The van der Waals surface area contributed by atoms with Gasteiger partial charge in [0.15, 0.2) is 5.96 Å². The van der Waals surface area contributed by atoms with Crippen molar-refractivity contribution in [3.05, 3.63) is 29.8 Å². The van der Waals surface area contributed by atoms with E-state index in [2.05, 4.69) is 21.7 Å². The maximum atomic E-state index is 12.4. The number of carbonyl (C=O) groups excluding carboxylic acids is 1. The van der Waals surface area contributed by atoms with Gasteiger partial charge in [-0.15, -0.1) is 0 Å². The van der Waals surface area contributed by atoms with E-state index in [1.165, 1.54) is 5.56 Å². The summed E-state index contributed by atoms with van der Waals surface area (Å²) in [7, 11) is 0. The number of anilines is 1. The molecule has 0 saturated heterocycles. The minimum absolute atomic E-state index is 0.0250. The third-order valence-electron chi connectivity index (χ3n) is 3.65. The number of hydrogen-bond donors (Lipinski definition) is 2. The number of rotatable bonds is 7. The van der Waals surface area contributed by atoms with Gasteiger partial charge >= 0.3 is 0 Å². The van der Waals surface area contributed by atoms with Crippen molar-refractivity contribution in [2.45, 2.75) is 20.3 Å². The third-order valence-corrected chi connectivity index (χ3v) is 3.65. The van der Waals surface area contributed by atoms with Crippen molar-refractivity contribution in [2.75, 3.05) is 44.3 Å². The Morgan fingerprint density at radius 3 is 2.91 bits per heavy atom. The molecule has 2 N–H and O–H groups in total. The maximum Gasteiger partial charge on any atom is 0.248 e. The number of nitrogens with zero attached hydrogens (tertiary/aromatic N) is 2. The second-order valence-corrected chi connectivity index (χ2v) is 5.24. The monoisotopic (exact) mass is 318 g/mol. The first-order valence-electron chi connectivity index (χ1n) is 8.24. The highest BCUT2D eigenvalue weighted by Gasteiger charge is 2.23. The lowest BCUT2D eigenvalue weighted by atomic mass is 10.2. The summed E-state index contributed by atoms with van der Waals surface area (Å²) in [6.07, 6.45) is 0.915. The summed E-state index contributed by atoms with van der Waals surface area (Å²) in [5.74, 6) is 0.671. The Morgan fingerprint density at radius 2 is 2.13 bits per heavy atom. The van der Waals surface area contributed by atoms with Crippen LogP contribution in [0.4, 0.5) is 5.69 Å². The van der Waals surface area contributed by atoms with E-state index in [0.717, 1.165) is 25.2 Å². The van der Waals surface area contributed by atoms with Crippen LogP contribution in [0.1, 0.15) is 19.4 Å². The number of benzene rings is 1. The van der Waals surface area contributed by atoms with Crippen LogP contribution in [0.25, 0.3) is 0 Å². The number of nitrogens with one attached hydrogen (secondary N) is 2. The number of amides is 1. The Kier molecular flexibility index (Phi) is 6.87. The molecule has 0 aromatic heterocycles. The van der Waals surface area contributed by atoms with E-state index in [0.29, 0.717) is 25.7 Å². The zero-order valence-electron chi connectivity index (χ0n) is 14.0. The van der Waals surface area contributed by atoms with Gasteiger partial charge in [-0.05, 0) is 31.9 Å². The van der Waals surface area contributed by atoms with E-state index in [9.17, 15) is 4.79 Å². The molecule has 1 aliphatic heterocycles. The molecule has 0 unspecified atom stereocenters. The summed E-state index contributed by atoms with van der Waals surface area (Å²) >= 11 is 0. The zero-order chi connectivity index (χ0) is 16.5. The van der Waals surface area contributed by atoms with Crippen LogP contribution < -0.4 is 15.5 Å². The van der Waals surface area contributed by atoms with Gasteiger partial charge in [-0.2, -0.15) is 0 Å². The molecule has 23 heavy (non-hydrogen) atoms. The number of aliphatic imine (C=N–C) groups is 1. The normalized spacial score (nSPS) is 13.8. The Balaban J connectivity index is 1.90. The molecule has 0 saturated carbocycles. The molecule has 0 radical (unpaired) electrons. The molecule has 0 fully saturated rings. The fourth-order valence-electron chi connectivity index (χ4n) is 2.56. The number of carbonyl (C=O) groups is 1. The molecule has 1 aromatic carbocycles. The van der Waals surface area contributed by atoms with Crippen LogP contribution in [0.15, 0.2) is 29.3 Å². The van der Waals surface area contributed by atoms with Gasteiger partial charge in [0.1, 0.15) is 6.54 Å². The van der Waals surface area contributed by atoms with Crippen molar-refractivity contribution in [1.82, 2.24) is 10.6 Å². The van der Waals surface area contributed by atoms with Crippen molar-refractivity contribution < 1.29 is 9.53 Å². The van der Waals surface area contributed by atoms with Crippen LogP contribution in [-0.4, -0.2) is 51.3 Å². The van der Waals surface area contributed by atoms with Crippen molar-refractivity contribution >= 4 is 17.6 Å². The third kappa shape index (κ3) is 4.96. The SMILES string of the molecule is CCNC(=NCC(=O)N1CCc2ccccc21)NCCOCC. The summed E-state index contributed by atoms with van der Waals surface area (Å²) < 4.78 is 5.29. The number of guanidine groups is 1. The van der Waals surface area contributed by atoms with E-state index in [-0.39, 0.29) is 12.5 Å². The molecule has 0 spiro atoms. The van der Waals surface area contributed by atoms with Crippen LogP contribution in [0, 0.1) is 0 Å². The number of hydrogen-bond acceptors (Lipinski definition) is 3. The summed E-state index contributed by atoms with van der Waals surface area (Å²) in [6, 6.07) is 8.05. The molecule has 0 atom stereocenters. The summed E-state index contributed by atoms with van der Waals surface area (Å²) in [6.45, 7) is 7.57. The Bertz CT molecular complexity index is 545. The van der Waals surface area contributed by atoms with Crippen LogP contribution in [-0.2, 0) is 16.0 Å². The fraction of sp³-hybridized carbons (Fsp3) is 0.529. The molecular formula is C17H26N4O2. The predicted octanol–water partition coefficient (Wildman–Crippen LogP) is 1.17. The highest BCUT2D eigenvalue weighted by molar-refractivity contribution is 5.98. The van der Waals surface area contributed by atoms with Crippen molar-refractivity contribution in [3.8, 4) is 0 Å². The van der Waals surface area contributed by atoms with E-state index in [1.54, 1.807) is 0 Å². The Labute approximate surface area is 137 Å². The van der Waals surface area contributed by atoms with Gasteiger partial charge in [0.2, 0.25) is 5.91 Å². The van der Waals surface area contributed by atoms with Gasteiger partial charge in [0, 0.05) is 31.9 Å². The van der Waals surface area contributed by atoms with Crippen molar-refractivity contribution in [2.24, 2.45) is 4.99 Å². The molecule has 1 aromatic rings. The highest BCUT2D eigenvalue weighted by atomic mass is 16.5. The average Bonchev–Trinajstić information content (AvgIpc) is 3.00. The standard InChI is InChI=1S/C17H26N4O2/c1-3-18-17(19-10-12-23-4-2)20-13-16(22)21-11-9-14-7-5-6-8-15(14)21/h5-8H,3-4,9-13H2,1-2H3,(H2,18,19,20). The van der Waals surface area contributed by atoms with Crippen LogP contribution in [0.5, 0.6) is 0 Å². The van der Waals surface area contributed by atoms with Gasteiger partial charge in [-0.1, -0.05) is 18.2 Å². The molecule has 1 heterocycles. The molecule has 0 aliphatic carbocycles. The van der Waals surface area contributed by atoms with E-state index in [4.69, 9.17) is 4.74 Å².